The molecule has 8 heteroatoms. The molecule has 0 aliphatic rings. The van der Waals surface area contributed by atoms with Crippen LogP contribution in [0.15, 0.2) is 35.7 Å². The highest BCUT2D eigenvalue weighted by Crippen LogP contribution is 2.23. The van der Waals surface area contributed by atoms with Crippen molar-refractivity contribution in [2.45, 2.75) is 13.8 Å². The number of likely N-dealkylation sites (N-methyl/N-ethyl adjacent to an activating group) is 2. The van der Waals surface area contributed by atoms with Crippen molar-refractivity contribution < 1.29 is 19.1 Å². The molecule has 0 aliphatic heterocycles. The zero-order valence-corrected chi connectivity index (χ0v) is 15.5. The Morgan fingerprint density at radius 1 is 1.19 bits per heavy atom. The average molecular weight is 375 g/mol. The molecule has 1 aromatic carbocycles. The van der Waals surface area contributed by atoms with Crippen LogP contribution in [0, 0.1) is 0 Å². The number of carbonyl (C=O) groups excluding carboxylic acids is 3. The Balaban J connectivity index is 1.90. The molecule has 0 spiro atoms. The van der Waals surface area contributed by atoms with E-state index in [-0.39, 0.29) is 18.1 Å². The van der Waals surface area contributed by atoms with Crippen LogP contribution in [0.1, 0.15) is 24.3 Å². The molecule has 2 aromatic rings. The first kappa shape index (κ1) is 19.6. The van der Waals surface area contributed by atoms with Gasteiger partial charge in [0.25, 0.3) is 5.91 Å². The lowest BCUT2D eigenvalue weighted by molar-refractivity contribution is -0.138. The summed E-state index contributed by atoms with van der Waals surface area (Å²) in [6.45, 7) is 3.91. The molecule has 0 saturated carbocycles. The number of carbonyl (C=O) groups is 3. The Kier molecular flexibility index (Phi) is 7.28. The van der Waals surface area contributed by atoms with Gasteiger partial charge in [-0.1, -0.05) is 30.3 Å². The molecule has 0 atom stereocenters. The summed E-state index contributed by atoms with van der Waals surface area (Å²) >= 11 is 1.33. The Morgan fingerprint density at radius 2 is 1.92 bits per heavy atom. The third kappa shape index (κ3) is 5.38. The van der Waals surface area contributed by atoms with E-state index in [0.717, 1.165) is 5.56 Å². The molecule has 0 saturated heterocycles. The van der Waals surface area contributed by atoms with Crippen molar-refractivity contribution in [3.05, 3.63) is 41.4 Å². The van der Waals surface area contributed by atoms with Crippen molar-refractivity contribution in [3.8, 4) is 10.6 Å². The van der Waals surface area contributed by atoms with Gasteiger partial charge in [0.1, 0.15) is 5.01 Å². The number of rotatable bonds is 8. The first-order valence-corrected chi connectivity index (χ1v) is 9.15. The smallest absolute Gasteiger partial charge is 0.358 e. The Hall–Kier alpha value is -2.74. The van der Waals surface area contributed by atoms with Crippen LogP contribution in [0.25, 0.3) is 10.6 Å². The predicted octanol–water partition coefficient (Wildman–Crippen LogP) is 1.95. The summed E-state index contributed by atoms with van der Waals surface area (Å²) in [7, 11) is 0. The molecular formula is C18H21N3O4S. The van der Waals surface area contributed by atoms with Gasteiger partial charge in [-0.05, 0) is 13.8 Å². The molecule has 0 fully saturated rings. The standard InChI is InChI=1S/C18H21N3O4S/c1-3-19-15(22)10-21(4-2)16(23)11-25-18(24)14-12-26-17(20-14)13-8-6-5-7-9-13/h5-9,12H,3-4,10-11H2,1-2H3,(H,19,22). The van der Waals surface area contributed by atoms with E-state index in [1.54, 1.807) is 19.2 Å². The lowest BCUT2D eigenvalue weighted by Gasteiger charge is -2.19. The Bertz CT molecular complexity index is 761. The van der Waals surface area contributed by atoms with E-state index in [1.165, 1.54) is 16.2 Å². The predicted molar refractivity (Wildman–Crippen MR) is 98.8 cm³/mol. The maximum Gasteiger partial charge on any atom is 0.358 e. The minimum atomic E-state index is -0.661. The molecule has 1 N–H and O–H groups in total. The van der Waals surface area contributed by atoms with Gasteiger partial charge in [0, 0.05) is 24.0 Å². The Morgan fingerprint density at radius 3 is 2.58 bits per heavy atom. The summed E-state index contributed by atoms with van der Waals surface area (Å²) in [5.41, 5.74) is 1.07. The number of nitrogens with one attached hydrogen (secondary N) is 1. The minimum Gasteiger partial charge on any atom is -0.451 e. The molecule has 0 aliphatic carbocycles. The fourth-order valence-corrected chi connectivity index (χ4v) is 2.97. The number of aromatic nitrogens is 1. The highest BCUT2D eigenvalue weighted by molar-refractivity contribution is 7.13. The third-order valence-corrected chi connectivity index (χ3v) is 4.39. The number of amides is 2. The highest BCUT2D eigenvalue weighted by Gasteiger charge is 2.19. The zero-order chi connectivity index (χ0) is 18.9. The molecule has 0 bridgehead atoms. The number of hydrogen-bond donors (Lipinski definition) is 1. The van der Waals surface area contributed by atoms with Gasteiger partial charge in [-0.3, -0.25) is 9.59 Å². The molecular weight excluding hydrogens is 354 g/mol. The van der Waals surface area contributed by atoms with Gasteiger partial charge in [-0.2, -0.15) is 0 Å². The van der Waals surface area contributed by atoms with Crippen LogP contribution < -0.4 is 5.32 Å². The normalized spacial score (nSPS) is 10.2. The molecule has 0 radical (unpaired) electrons. The van der Waals surface area contributed by atoms with Crippen molar-refractivity contribution in [2.75, 3.05) is 26.2 Å². The van der Waals surface area contributed by atoms with Gasteiger partial charge in [0.15, 0.2) is 12.3 Å². The first-order valence-electron chi connectivity index (χ1n) is 8.27. The van der Waals surface area contributed by atoms with Gasteiger partial charge >= 0.3 is 5.97 Å². The van der Waals surface area contributed by atoms with Crippen molar-refractivity contribution >= 4 is 29.1 Å². The lowest BCUT2D eigenvalue weighted by atomic mass is 10.2. The lowest BCUT2D eigenvalue weighted by Crippen LogP contribution is -2.42. The summed E-state index contributed by atoms with van der Waals surface area (Å²) in [5, 5.41) is 4.93. The largest absolute Gasteiger partial charge is 0.451 e. The van der Waals surface area contributed by atoms with Crippen molar-refractivity contribution in [1.82, 2.24) is 15.2 Å². The van der Waals surface area contributed by atoms with Crippen LogP contribution in [0.5, 0.6) is 0 Å². The maximum atomic E-state index is 12.1. The fourth-order valence-electron chi connectivity index (χ4n) is 2.18. The van der Waals surface area contributed by atoms with Gasteiger partial charge in [0.2, 0.25) is 5.91 Å². The molecule has 7 nitrogen and oxygen atoms in total. The van der Waals surface area contributed by atoms with Crippen LogP contribution in [0.2, 0.25) is 0 Å². The maximum absolute atomic E-state index is 12.1. The van der Waals surface area contributed by atoms with E-state index >= 15 is 0 Å². The monoisotopic (exact) mass is 375 g/mol. The molecule has 2 amide bonds. The summed E-state index contributed by atoms with van der Waals surface area (Å²) < 4.78 is 5.05. The quantitative estimate of drug-likeness (QED) is 0.713. The van der Waals surface area contributed by atoms with E-state index < -0.39 is 18.5 Å². The number of hydrogen-bond acceptors (Lipinski definition) is 6. The van der Waals surface area contributed by atoms with Crippen LogP contribution in [0.3, 0.4) is 0 Å². The van der Waals surface area contributed by atoms with Crippen molar-refractivity contribution in [1.29, 1.82) is 0 Å². The van der Waals surface area contributed by atoms with Crippen LogP contribution in [-0.4, -0.2) is 53.9 Å². The Labute approximate surface area is 156 Å². The second-order valence-corrected chi connectivity index (χ2v) is 6.20. The van der Waals surface area contributed by atoms with Crippen LogP contribution in [-0.2, 0) is 14.3 Å². The van der Waals surface area contributed by atoms with Gasteiger partial charge in [-0.25, -0.2) is 9.78 Å². The summed E-state index contributed by atoms with van der Waals surface area (Å²) in [4.78, 5) is 41.4. The second-order valence-electron chi connectivity index (χ2n) is 5.34. The van der Waals surface area contributed by atoms with Gasteiger partial charge < -0.3 is 15.0 Å². The average Bonchev–Trinajstić information content (AvgIpc) is 3.15. The zero-order valence-electron chi connectivity index (χ0n) is 14.7. The summed E-state index contributed by atoms with van der Waals surface area (Å²) in [6.07, 6.45) is 0. The molecule has 2 rings (SSSR count). The van der Waals surface area contributed by atoms with E-state index in [9.17, 15) is 14.4 Å². The van der Waals surface area contributed by atoms with E-state index in [1.807, 2.05) is 30.3 Å². The van der Waals surface area contributed by atoms with Gasteiger partial charge in [0.05, 0.1) is 6.54 Å². The highest BCUT2D eigenvalue weighted by atomic mass is 32.1. The number of nitrogens with zero attached hydrogens (tertiary/aromatic N) is 2. The third-order valence-electron chi connectivity index (χ3n) is 3.50. The summed E-state index contributed by atoms with van der Waals surface area (Å²) in [5.74, 6) is -1.34. The van der Waals surface area contributed by atoms with Crippen molar-refractivity contribution in [2.24, 2.45) is 0 Å². The van der Waals surface area contributed by atoms with Crippen LogP contribution in [0.4, 0.5) is 0 Å². The minimum absolute atomic E-state index is 0.0599. The molecule has 0 unspecified atom stereocenters. The van der Waals surface area contributed by atoms with E-state index in [2.05, 4.69) is 10.3 Å². The number of benzene rings is 1. The van der Waals surface area contributed by atoms with Gasteiger partial charge in [-0.15, -0.1) is 11.3 Å². The van der Waals surface area contributed by atoms with Crippen molar-refractivity contribution in [3.63, 3.8) is 0 Å². The molecule has 26 heavy (non-hydrogen) atoms. The molecule has 138 valence electrons. The molecule has 1 heterocycles. The topological polar surface area (TPSA) is 88.6 Å². The number of ether oxygens (including phenoxy) is 1. The summed E-state index contributed by atoms with van der Waals surface area (Å²) in [6, 6.07) is 9.48. The SMILES string of the molecule is CCNC(=O)CN(CC)C(=O)COC(=O)c1csc(-c2ccccc2)n1. The number of thiazole rings is 1. The fraction of sp³-hybridized carbons (Fsp3) is 0.333. The second kappa shape index (κ2) is 9.67. The first-order chi connectivity index (χ1) is 12.5. The van der Waals surface area contributed by atoms with E-state index in [4.69, 9.17) is 4.74 Å². The molecule has 1 aromatic heterocycles. The number of esters is 1. The van der Waals surface area contributed by atoms with Crippen LogP contribution >= 0.6 is 11.3 Å². The van der Waals surface area contributed by atoms with E-state index in [0.29, 0.717) is 18.1 Å².